The number of rotatable bonds is 7. The lowest BCUT2D eigenvalue weighted by Crippen LogP contribution is -2.15. The van der Waals surface area contributed by atoms with E-state index in [-0.39, 0.29) is 0 Å². The molecule has 0 saturated carbocycles. The van der Waals surface area contributed by atoms with Gasteiger partial charge >= 0.3 is 0 Å². The van der Waals surface area contributed by atoms with Crippen molar-refractivity contribution in [2.24, 2.45) is 0 Å². The molecule has 2 aliphatic rings. The lowest BCUT2D eigenvalue weighted by molar-refractivity contribution is -0.119. The first-order chi connectivity index (χ1) is 15.2. The molecule has 4 heteroatoms. The molecule has 0 aliphatic heterocycles. The zero-order valence-corrected chi connectivity index (χ0v) is 18.4. The molecular formula is C27H31N3O. The molecule has 160 valence electrons. The summed E-state index contributed by atoms with van der Waals surface area (Å²) in [7, 11) is 0. The van der Waals surface area contributed by atoms with Gasteiger partial charge < -0.3 is 4.57 Å². The fraction of sp³-hybridized carbons (Fsp3) is 0.444. The summed E-state index contributed by atoms with van der Waals surface area (Å²) in [4.78, 5) is 12.8. The molecule has 0 bridgehead atoms. The second kappa shape index (κ2) is 8.78. The van der Waals surface area contributed by atoms with Crippen LogP contribution in [-0.4, -0.2) is 20.5 Å². The quantitative estimate of drug-likeness (QED) is 0.535. The Morgan fingerprint density at radius 1 is 1.00 bits per heavy atom. The summed E-state index contributed by atoms with van der Waals surface area (Å²) in [6.45, 7) is 3.01. The van der Waals surface area contributed by atoms with E-state index in [1.165, 1.54) is 28.7 Å². The van der Waals surface area contributed by atoms with Gasteiger partial charge in [0.25, 0.3) is 0 Å². The van der Waals surface area contributed by atoms with Gasteiger partial charge in [-0.05, 0) is 67.2 Å². The highest BCUT2D eigenvalue weighted by molar-refractivity contribution is 5.79. The van der Waals surface area contributed by atoms with Crippen molar-refractivity contribution >= 4 is 5.78 Å². The Bertz CT molecular complexity index is 1060. The van der Waals surface area contributed by atoms with Crippen LogP contribution < -0.4 is 0 Å². The predicted octanol–water partition coefficient (Wildman–Crippen LogP) is 5.19. The maximum Gasteiger partial charge on any atom is 0.136 e. The fourth-order valence-corrected chi connectivity index (χ4v) is 5.62. The molecule has 0 spiro atoms. The van der Waals surface area contributed by atoms with Gasteiger partial charge in [0, 0.05) is 31.7 Å². The van der Waals surface area contributed by atoms with Crippen molar-refractivity contribution in [3.05, 3.63) is 82.4 Å². The number of ketones is 1. The van der Waals surface area contributed by atoms with E-state index in [0.29, 0.717) is 36.9 Å². The molecule has 3 aromatic rings. The normalized spacial score (nSPS) is 18.0. The number of carbonyl (C=O) groups excluding carboxylic acids is 1. The first-order valence-electron chi connectivity index (χ1n) is 11.8. The van der Waals surface area contributed by atoms with Crippen LogP contribution in [-0.2, 0) is 37.0 Å². The lowest BCUT2D eigenvalue weighted by Gasteiger charge is -2.24. The van der Waals surface area contributed by atoms with Gasteiger partial charge in [0.05, 0.1) is 0 Å². The van der Waals surface area contributed by atoms with Crippen LogP contribution in [0.25, 0.3) is 0 Å². The molecule has 0 N–H and O–H groups in total. The maximum atomic E-state index is 12.8. The van der Waals surface area contributed by atoms with Crippen LogP contribution in [0.5, 0.6) is 0 Å². The van der Waals surface area contributed by atoms with Crippen molar-refractivity contribution in [1.82, 2.24) is 14.8 Å². The maximum absolute atomic E-state index is 12.8. The van der Waals surface area contributed by atoms with E-state index >= 15 is 0 Å². The summed E-state index contributed by atoms with van der Waals surface area (Å²) in [5.74, 6) is 3.18. The summed E-state index contributed by atoms with van der Waals surface area (Å²) in [5, 5.41) is 9.09. The third-order valence-corrected chi connectivity index (χ3v) is 7.18. The van der Waals surface area contributed by atoms with Crippen LogP contribution in [0.2, 0.25) is 0 Å². The minimum atomic E-state index is 0.349. The monoisotopic (exact) mass is 413 g/mol. The van der Waals surface area contributed by atoms with E-state index in [4.69, 9.17) is 0 Å². The van der Waals surface area contributed by atoms with E-state index in [1.54, 1.807) is 0 Å². The summed E-state index contributed by atoms with van der Waals surface area (Å²) in [5.41, 5.74) is 5.69. The van der Waals surface area contributed by atoms with Crippen LogP contribution in [0.1, 0.15) is 78.3 Å². The Hall–Kier alpha value is -2.75. The molecule has 0 fully saturated rings. The zero-order valence-electron chi connectivity index (χ0n) is 18.4. The Morgan fingerprint density at radius 3 is 2.45 bits per heavy atom. The molecule has 5 rings (SSSR count). The smallest absolute Gasteiger partial charge is 0.136 e. The number of hydrogen-bond acceptors (Lipinski definition) is 3. The highest BCUT2D eigenvalue weighted by Gasteiger charge is 2.28. The summed E-state index contributed by atoms with van der Waals surface area (Å²) >= 11 is 0. The van der Waals surface area contributed by atoms with Crippen LogP contribution in [0.4, 0.5) is 0 Å². The minimum absolute atomic E-state index is 0.349. The van der Waals surface area contributed by atoms with E-state index in [1.807, 2.05) is 0 Å². The number of nitrogens with zero attached hydrogens (tertiary/aromatic N) is 3. The van der Waals surface area contributed by atoms with Crippen LogP contribution in [0.3, 0.4) is 0 Å². The van der Waals surface area contributed by atoms with E-state index in [9.17, 15) is 4.79 Å². The number of aryl methyl sites for hydroxylation is 2. The topological polar surface area (TPSA) is 47.8 Å². The molecule has 4 nitrogen and oxygen atoms in total. The number of aromatic nitrogens is 3. The number of carbonyl (C=O) groups is 1. The van der Waals surface area contributed by atoms with Gasteiger partial charge in [-0.2, -0.15) is 0 Å². The van der Waals surface area contributed by atoms with Crippen molar-refractivity contribution in [3.8, 4) is 0 Å². The van der Waals surface area contributed by atoms with Gasteiger partial charge in [0.2, 0.25) is 0 Å². The molecule has 1 heterocycles. The Morgan fingerprint density at radius 2 is 1.71 bits per heavy atom. The second-order valence-corrected chi connectivity index (χ2v) is 9.12. The average molecular weight is 414 g/mol. The fourth-order valence-electron chi connectivity index (χ4n) is 5.62. The largest absolute Gasteiger partial charge is 0.315 e. The van der Waals surface area contributed by atoms with Gasteiger partial charge in [0.1, 0.15) is 17.4 Å². The molecule has 0 radical (unpaired) electrons. The molecule has 1 unspecified atom stereocenters. The van der Waals surface area contributed by atoms with E-state index in [0.717, 1.165) is 43.9 Å². The molecule has 1 atom stereocenters. The van der Waals surface area contributed by atoms with Gasteiger partial charge in [-0.25, -0.2) is 0 Å². The highest BCUT2D eigenvalue weighted by atomic mass is 16.1. The number of Topliss-reactive ketones (excluding diaryl/α,β-unsaturated/α-hetero) is 1. The lowest BCUT2D eigenvalue weighted by atomic mass is 9.80. The number of benzene rings is 2. The zero-order chi connectivity index (χ0) is 21.2. The Kier molecular flexibility index (Phi) is 5.71. The standard InChI is InChI=1S/C27H31N3O/c1-2-30-26(28-29-27(30)23-16-20-9-3-4-10-21(20)17-23)15-14-24(31)18-22-12-7-11-19-8-5-6-13-25(19)22/h3-6,8-10,13,22-23H,2,7,11-12,14-18H2,1H3. The van der Waals surface area contributed by atoms with Gasteiger partial charge in [-0.15, -0.1) is 10.2 Å². The Labute approximate surface area is 184 Å². The van der Waals surface area contributed by atoms with Crippen molar-refractivity contribution < 1.29 is 4.79 Å². The van der Waals surface area contributed by atoms with Crippen molar-refractivity contribution in [1.29, 1.82) is 0 Å². The van der Waals surface area contributed by atoms with Crippen molar-refractivity contribution in [2.45, 2.75) is 76.7 Å². The van der Waals surface area contributed by atoms with E-state index in [2.05, 4.69) is 70.2 Å². The number of hydrogen-bond donors (Lipinski definition) is 0. The Balaban J connectivity index is 1.23. The predicted molar refractivity (Wildman–Crippen MR) is 122 cm³/mol. The molecule has 2 aliphatic carbocycles. The van der Waals surface area contributed by atoms with Crippen LogP contribution in [0.15, 0.2) is 48.5 Å². The molecular weight excluding hydrogens is 382 g/mol. The van der Waals surface area contributed by atoms with Crippen LogP contribution in [0, 0.1) is 0 Å². The molecule has 1 aromatic heterocycles. The highest BCUT2D eigenvalue weighted by Crippen LogP contribution is 2.35. The van der Waals surface area contributed by atoms with Gasteiger partial charge in [-0.3, -0.25) is 4.79 Å². The first kappa shape index (κ1) is 20.2. The van der Waals surface area contributed by atoms with Crippen LogP contribution >= 0.6 is 0 Å². The minimum Gasteiger partial charge on any atom is -0.315 e. The summed E-state index contributed by atoms with van der Waals surface area (Å²) in [6.07, 6.45) is 7.43. The third-order valence-electron chi connectivity index (χ3n) is 7.18. The average Bonchev–Trinajstić information content (AvgIpc) is 3.41. The molecule has 0 amide bonds. The van der Waals surface area contributed by atoms with Crippen molar-refractivity contribution in [3.63, 3.8) is 0 Å². The van der Waals surface area contributed by atoms with Gasteiger partial charge in [0.15, 0.2) is 0 Å². The number of fused-ring (bicyclic) bond motifs is 2. The third kappa shape index (κ3) is 4.08. The molecule has 0 saturated heterocycles. The first-order valence-corrected chi connectivity index (χ1v) is 11.8. The molecule has 31 heavy (non-hydrogen) atoms. The second-order valence-electron chi connectivity index (χ2n) is 9.12. The molecule has 2 aromatic carbocycles. The van der Waals surface area contributed by atoms with Gasteiger partial charge in [-0.1, -0.05) is 48.5 Å². The summed E-state index contributed by atoms with van der Waals surface area (Å²) < 4.78 is 2.25. The summed E-state index contributed by atoms with van der Waals surface area (Å²) in [6, 6.07) is 17.3. The van der Waals surface area contributed by atoms with Crippen molar-refractivity contribution in [2.75, 3.05) is 0 Å². The van der Waals surface area contributed by atoms with E-state index < -0.39 is 0 Å². The SMILES string of the molecule is CCn1c(CCC(=O)CC2CCCc3ccccc32)nnc1C1Cc2ccccc2C1.